The molecule has 0 atom stereocenters. The van der Waals surface area contributed by atoms with E-state index in [2.05, 4.69) is 206 Å². The molecule has 7 aromatic carbocycles. The van der Waals surface area contributed by atoms with E-state index >= 15 is 0 Å². The predicted molar refractivity (Wildman–Crippen MR) is 222 cm³/mol. The molecule has 4 heteroatoms. The third-order valence-electron chi connectivity index (χ3n) is 9.82. The number of hydrogen-bond acceptors (Lipinski definition) is 0. The van der Waals surface area contributed by atoms with Gasteiger partial charge in [-0.1, -0.05) is 0 Å². The molecule has 0 spiro atoms. The van der Waals surface area contributed by atoms with Gasteiger partial charge >= 0.3 is 303 Å². The Morgan fingerprint density at radius 2 is 0.417 bits per heavy atom. The molecular weight excluding hydrogens is 750 g/mol. The van der Waals surface area contributed by atoms with Crippen molar-refractivity contribution in [3.8, 4) is 0 Å². The molecule has 0 aliphatic rings. The molecule has 0 saturated carbocycles. The van der Waals surface area contributed by atoms with Crippen LogP contribution in [-0.4, -0.2) is 0 Å². The second-order valence-corrected chi connectivity index (χ2v) is 30.3. The van der Waals surface area contributed by atoms with Crippen molar-refractivity contribution in [2.45, 2.75) is 12.3 Å². The first-order valence-electron chi connectivity index (χ1n) is 16.3. The minimum atomic E-state index is -3.25. The first-order chi connectivity index (χ1) is 23.4. The molecule has 0 nitrogen and oxygen atoms in total. The number of rotatable bonds is 10. The van der Waals surface area contributed by atoms with Gasteiger partial charge in [0.2, 0.25) is 0 Å². The second kappa shape index (κ2) is 13.3. The molecule has 0 saturated heterocycles. The van der Waals surface area contributed by atoms with Crippen molar-refractivity contribution in [3.05, 3.63) is 217 Å². The van der Waals surface area contributed by atoms with E-state index in [0.29, 0.717) is 0 Å². The predicted octanol–water partition coefficient (Wildman–Crippen LogP) is 10.4. The van der Waals surface area contributed by atoms with Crippen LogP contribution in [0.2, 0.25) is 0 Å². The Morgan fingerprint density at radius 3 is 0.604 bits per heavy atom. The molecule has 0 radical (unpaired) electrons. The Hall–Kier alpha value is -3.64. The third-order valence-corrected chi connectivity index (χ3v) is 28.8. The molecular formula is C44H38Br2P2. The summed E-state index contributed by atoms with van der Waals surface area (Å²) < 4.78 is 0. The molecule has 7 rings (SSSR count). The van der Waals surface area contributed by atoms with Gasteiger partial charge in [-0.15, -0.1) is 0 Å². The van der Waals surface area contributed by atoms with E-state index in [-0.39, 0.29) is 0 Å². The van der Waals surface area contributed by atoms with Crippen LogP contribution in [0.25, 0.3) is 0 Å². The quantitative estimate of drug-likeness (QED) is 0.121. The SMILES string of the molecule is BrP(Cc1ccccc1CP(Br)(c1ccccc1)(c1ccccc1)c1ccccc1)(c1ccccc1)(c1ccccc1)c1ccccc1. The third kappa shape index (κ3) is 5.45. The van der Waals surface area contributed by atoms with E-state index in [4.69, 9.17) is 31.0 Å². The van der Waals surface area contributed by atoms with Crippen LogP contribution in [0, 0.1) is 0 Å². The summed E-state index contributed by atoms with van der Waals surface area (Å²) in [4.78, 5) is 0. The summed E-state index contributed by atoms with van der Waals surface area (Å²) in [5.74, 6) is 0. The maximum absolute atomic E-state index is 4.75. The van der Waals surface area contributed by atoms with Gasteiger partial charge in [-0.05, 0) is 0 Å². The molecule has 0 N–H and O–H groups in total. The van der Waals surface area contributed by atoms with Crippen LogP contribution in [0.1, 0.15) is 11.1 Å². The fraction of sp³-hybridized carbons (Fsp3) is 0.0455. The minimum absolute atomic E-state index is 0.831. The molecule has 0 bridgehead atoms. The molecule has 0 fully saturated rings. The zero-order chi connectivity index (χ0) is 33.0. The Morgan fingerprint density at radius 1 is 0.250 bits per heavy atom. The Kier molecular flexibility index (Phi) is 9.14. The molecule has 7 aromatic rings. The van der Waals surface area contributed by atoms with Crippen molar-refractivity contribution in [1.82, 2.24) is 0 Å². The fourth-order valence-corrected chi connectivity index (χ4v) is 22.8. The molecule has 238 valence electrons. The Labute approximate surface area is 301 Å². The zero-order valence-corrected chi connectivity index (χ0v) is 31.7. The number of hydrogen-bond donors (Lipinski definition) is 0. The van der Waals surface area contributed by atoms with Crippen LogP contribution in [0.15, 0.2) is 206 Å². The molecule has 48 heavy (non-hydrogen) atoms. The van der Waals surface area contributed by atoms with Crippen LogP contribution in [0.3, 0.4) is 0 Å². The number of halogens is 2. The normalized spacial score (nSPS) is 13.5. The Balaban J connectivity index is 1.52. The van der Waals surface area contributed by atoms with Crippen molar-refractivity contribution >= 4 is 73.4 Å². The van der Waals surface area contributed by atoms with Gasteiger partial charge < -0.3 is 0 Å². The van der Waals surface area contributed by atoms with E-state index in [1.54, 1.807) is 0 Å². The summed E-state index contributed by atoms with van der Waals surface area (Å²) in [5.41, 5.74) is 2.69. The van der Waals surface area contributed by atoms with E-state index in [1.165, 1.54) is 43.0 Å². The van der Waals surface area contributed by atoms with Crippen LogP contribution in [0.5, 0.6) is 0 Å². The second-order valence-electron chi connectivity index (χ2n) is 12.5. The summed E-state index contributed by atoms with van der Waals surface area (Å²) in [6, 6.07) is 75.9. The van der Waals surface area contributed by atoms with Crippen LogP contribution < -0.4 is 31.8 Å². The van der Waals surface area contributed by atoms with E-state index < -0.39 is 10.6 Å². The van der Waals surface area contributed by atoms with Gasteiger partial charge in [0, 0.05) is 0 Å². The fourth-order valence-electron chi connectivity index (χ4n) is 7.38. The van der Waals surface area contributed by atoms with Crippen molar-refractivity contribution in [2.24, 2.45) is 0 Å². The van der Waals surface area contributed by atoms with Crippen LogP contribution in [-0.2, 0) is 12.3 Å². The Bertz CT molecular complexity index is 1750. The summed E-state index contributed by atoms with van der Waals surface area (Å²) >= 11 is 9.49. The van der Waals surface area contributed by atoms with Gasteiger partial charge in [0.1, 0.15) is 0 Å². The average Bonchev–Trinajstić information content (AvgIpc) is 3.18. The summed E-state index contributed by atoms with van der Waals surface area (Å²) in [6.45, 7) is 0. The van der Waals surface area contributed by atoms with Crippen LogP contribution >= 0.6 is 41.6 Å². The monoisotopic (exact) mass is 786 g/mol. The molecule has 0 amide bonds. The van der Waals surface area contributed by atoms with Gasteiger partial charge in [-0.3, -0.25) is 0 Å². The molecule has 0 aromatic heterocycles. The summed E-state index contributed by atoms with van der Waals surface area (Å²) in [6.07, 6.45) is 1.66. The standard InChI is InChI=1S/C44H38Br2P2/c45-47(39-23-7-1-8-24-39,40-25-9-2-10-26-40,41-27-11-3-12-28-41)35-37-21-19-20-22-38(37)36-48(46,42-29-13-4-14-30-42,43-31-15-5-16-32-43)44-33-17-6-18-34-44/h1-34H,35-36H2. The van der Waals surface area contributed by atoms with Crippen molar-refractivity contribution < 1.29 is 0 Å². The van der Waals surface area contributed by atoms with Crippen molar-refractivity contribution in [3.63, 3.8) is 0 Å². The number of benzene rings is 7. The van der Waals surface area contributed by atoms with Gasteiger partial charge in [-0.2, -0.15) is 0 Å². The van der Waals surface area contributed by atoms with E-state index in [1.807, 2.05) is 0 Å². The molecule has 0 aliphatic heterocycles. The van der Waals surface area contributed by atoms with E-state index in [0.717, 1.165) is 12.3 Å². The van der Waals surface area contributed by atoms with Gasteiger partial charge in [-0.25, -0.2) is 0 Å². The maximum atomic E-state index is 4.75. The van der Waals surface area contributed by atoms with Crippen LogP contribution in [0.4, 0.5) is 0 Å². The van der Waals surface area contributed by atoms with Crippen molar-refractivity contribution in [2.75, 3.05) is 0 Å². The van der Waals surface area contributed by atoms with Gasteiger partial charge in [0.05, 0.1) is 0 Å². The summed E-state index contributed by atoms with van der Waals surface area (Å²) in [7, 11) is 0. The van der Waals surface area contributed by atoms with E-state index in [9.17, 15) is 0 Å². The summed E-state index contributed by atoms with van der Waals surface area (Å²) in [5, 5.41) is 1.42. The van der Waals surface area contributed by atoms with Crippen molar-refractivity contribution in [1.29, 1.82) is 0 Å². The average molecular weight is 789 g/mol. The zero-order valence-electron chi connectivity index (χ0n) is 26.7. The molecule has 0 aliphatic carbocycles. The molecule has 0 heterocycles. The topological polar surface area (TPSA) is 0 Å². The first kappa shape index (κ1) is 32.9. The van der Waals surface area contributed by atoms with Gasteiger partial charge in [0.25, 0.3) is 0 Å². The first-order valence-corrected chi connectivity index (χ1v) is 25.2. The molecule has 0 unspecified atom stereocenters. The van der Waals surface area contributed by atoms with Gasteiger partial charge in [0.15, 0.2) is 0 Å².